The summed E-state index contributed by atoms with van der Waals surface area (Å²) in [5.74, 6) is 0.357. The van der Waals surface area contributed by atoms with Gasteiger partial charge in [0.05, 0.1) is 6.54 Å². The van der Waals surface area contributed by atoms with Crippen molar-refractivity contribution in [2.75, 3.05) is 20.1 Å². The highest BCUT2D eigenvalue weighted by Crippen LogP contribution is 2.40. The second-order valence-electron chi connectivity index (χ2n) is 7.86. The molecule has 1 unspecified atom stereocenters. The van der Waals surface area contributed by atoms with Crippen LogP contribution in [0.25, 0.3) is 10.9 Å². The Labute approximate surface area is 163 Å². The Balaban J connectivity index is 1.59. The van der Waals surface area contributed by atoms with Gasteiger partial charge in [0, 0.05) is 55.7 Å². The number of nitrogens with zero attached hydrogens (tertiary/aromatic N) is 3. The van der Waals surface area contributed by atoms with Crippen LogP contribution in [0.15, 0.2) is 48.5 Å². The van der Waals surface area contributed by atoms with E-state index in [0.717, 1.165) is 25.2 Å². The SMILES string of the molecule is CN1CC2CN(Cc3c2c2ccccc2n3Cc2ccc(CNO)cc2)C1=O. The molecule has 0 radical (unpaired) electrons. The Hall–Kier alpha value is -2.83. The van der Waals surface area contributed by atoms with Gasteiger partial charge in [-0.15, -0.1) is 0 Å². The monoisotopic (exact) mass is 376 g/mol. The van der Waals surface area contributed by atoms with Crippen molar-refractivity contribution in [3.63, 3.8) is 0 Å². The van der Waals surface area contributed by atoms with E-state index in [1.807, 2.05) is 29.0 Å². The van der Waals surface area contributed by atoms with Crippen molar-refractivity contribution < 1.29 is 10.0 Å². The van der Waals surface area contributed by atoms with E-state index < -0.39 is 0 Å². The summed E-state index contributed by atoms with van der Waals surface area (Å²) in [6.07, 6.45) is 0. The zero-order valence-corrected chi connectivity index (χ0v) is 15.9. The number of nitrogens with one attached hydrogen (secondary N) is 1. The fraction of sp³-hybridized carbons (Fsp3) is 0.318. The predicted octanol–water partition coefficient (Wildman–Crippen LogP) is 3.13. The molecule has 0 aliphatic carbocycles. The van der Waals surface area contributed by atoms with Crippen LogP contribution in [0.2, 0.25) is 0 Å². The maximum absolute atomic E-state index is 12.5. The minimum Gasteiger partial charge on any atom is -0.338 e. The lowest BCUT2D eigenvalue weighted by Crippen LogP contribution is -2.53. The van der Waals surface area contributed by atoms with Gasteiger partial charge in [-0.3, -0.25) is 0 Å². The summed E-state index contributed by atoms with van der Waals surface area (Å²) in [6.45, 7) is 3.46. The standard InChI is InChI=1S/C22H24N4O2/c1-24-12-17-13-25(22(24)27)14-20-21(17)18-4-2-3-5-19(18)26(20)11-16-8-6-15(7-9-16)10-23-28/h2-9,17,23,28H,10-14H2,1H3. The Morgan fingerprint density at radius 1 is 1.07 bits per heavy atom. The lowest BCUT2D eigenvalue weighted by atomic mass is 9.90. The number of para-hydroxylation sites is 1. The van der Waals surface area contributed by atoms with Gasteiger partial charge in [0.1, 0.15) is 0 Å². The quantitative estimate of drug-likeness (QED) is 0.688. The number of amides is 2. The number of carbonyl (C=O) groups is 1. The van der Waals surface area contributed by atoms with Gasteiger partial charge in [-0.2, -0.15) is 0 Å². The molecule has 0 saturated carbocycles. The molecule has 2 aliphatic rings. The van der Waals surface area contributed by atoms with Gasteiger partial charge in [-0.1, -0.05) is 42.5 Å². The number of aromatic nitrogens is 1. The average Bonchev–Trinajstić information content (AvgIpc) is 3.02. The molecule has 3 heterocycles. The molecule has 2 amide bonds. The molecule has 1 saturated heterocycles. The third-order valence-electron chi connectivity index (χ3n) is 6.05. The van der Waals surface area contributed by atoms with E-state index in [1.165, 1.54) is 27.7 Å². The Kier molecular flexibility index (Phi) is 4.10. The lowest BCUT2D eigenvalue weighted by molar-refractivity contribution is 0.120. The number of likely N-dealkylation sites (N-methyl/N-ethyl adjacent to an activating group) is 1. The van der Waals surface area contributed by atoms with Crippen molar-refractivity contribution in [2.24, 2.45) is 0 Å². The maximum Gasteiger partial charge on any atom is 0.320 e. The number of fused-ring (bicyclic) bond motifs is 6. The number of hydrogen-bond donors (Lipinski definition) is 2. The number of carbonyl (C=O) groups excluding carboxylic acids is 1. The van der Waals surface area contributed by atoms with E-state index in [2.05, 4.69) is 46.4 Å². The zero-order chi connectivity index (χ0) is 19.3. The largest absolute Gasteiger partial charge is 0.338 e. The number of urea groups is 1. The first kappa shape index (κ1) is 17.3. The van der Waals surface area contributed by atoms with Crippen LogP contribution >= 0.6 is 0 Å². The molecular formula is C22H24N4O2. The van der Waals surface area contributed by atoms with Crippen LogP contribution in [0.5, 0.6) is 0 Å². The minimum absolute atomic E-state index is 0.125. The van der Waals surface area contributed by atoms with Crippen molar-refractivity contribution in [2.45, 2.75) is 25.6 Å². The molecule has 6 heteroatoms. The zero-order valence-electron chi connectivity index (χ0n) is 15.9. The molecule has 6 nitrogen and oxygen atoms in total. The van der Waals surface area contributed by atoms with Crippen molar-refractivity contribution in [1.29, 1.82) is 0 Å². The van der Waals surface area contributed by atoms with Gasteiger partial charge in [-0.25, -0.2) is 10.3 Å². The van der Waals surface area contributed by atoms with Crippen LogP contribution in [0.3, 0.4) is 0 Å². The van der Waals surface area contributed by atoms with E-state index >= 15 is 0 Å². The van der Waals surface area contributed by atoms with Crippen LogP contribution < -0.4 is 5.48 Å². The molecule has 2 aliphatic heterocycles. The van der Waals surface area contributed by atoms with E-state index in [1.54, 1.807) is 0 Å². The second-order valence-corrected chi connectivity index (χ2v) is 7.86. The van der Waals surface area contributed by atoms with Crippen LogP contribution in [-0.2, 0) is 19.6 Å². The normalized spacial score (nSPS) is 18.6. The third-order valence-corrected chi connectivity index (χ3v) is 6.05. The first-order chi connectivity index (χ1) is 13.7. The molecule has 144 valence electrons. The Morgan fingerprint density at radius 2 is 1.82 bits per heavy atom. The number of benzene rings is 2. The van der Waals surface area contributed by atoms with Gasteiger partial charge in [0.2, 0.25) is 0 Å². The van der Waals surface area contributed by atoms with Crippen LogP contribution in [0, 0.1) is 0 Å². The summed E-state index contributed by atoms with van der Waals surface area (Å²) in [7, 11) is 1.90. The van der Waals surface area contributed by atoms with Crippen molar-refractivity contribution in [3.8, 4) is 0 Å². The summed E-state index contributed by atoms with van der Waals surface area (Å²) in [5, 5.41) is 10.2. The van der Waals surface area contributed by atoms with Gasteiger partial charge in [-0.05, 0) is 22.8 Å². The van der Waals surface area contributed by atoms with Crippen molar-refractivity contribution in [1.82, 2.24) is 19.8 Å². The summed E-state index contributed by atoms with van der Waals surface area (Å²) in [4.78, 5) is 16.4. The van der Waals surface area contributed by atoms with E-state index in [-0.39, 0.29) is 6.03 Å². The second kappa shape index (κ2) is 6.65. The van der Waals surface area contributed by atoms with Crippen LogP contribution in [0.4, 0.5) is 4.79 Å². The van der Waals surface area contributed by atoms with E-state index in [0.29, 0.717) is 19.0 Å². The Bertz CT molecular complexity index is 1040. The first-order valence-electron chi connectivity index (χ1n) is 9.70. The Morgan fingerprint density at radius 3 is 2.61 bits per heavy atom. The molecule has 5 rings (SSSR count). The molecule has 2 aromatic carbocycles. The predicted molar refractivity (Wildman–Crippen MR) is 107 cm³/mol. The van der Waals surface area contributed by atoms with Crippen molar-refractivity contribution in [3.05, 3.63) is 70.9 Å². The average molecular weight is 376 g/mol. The molecule has 1 aromatic heterocycles. The minimum atomic E-state index is 0.125. The molecular weight excluding hydrogens is 352 g/mol. The summed E-state index contributed by atoms with van der Waals surface area (Å²) in [5.41, 5.74) is 8.35. The third kappa shape index (κ3) is 2.68. The van der Waals surface area contributed by atoms with Gasteiger partial charge in [0.15, 0.2) is 0 Å². The molecule has 2 bridgehead atoms. The number of rotatable bonds is 4. The molecule has 0 spiro atoms. The van der Waals surface area contributed by atoms with E-state index in [4.69, 9.17) is 5.21 Å². The lowest BCUT2D eigenvalue weighted by Gasteiger charge is -2.42. The number of hydrogen-bond acceptors (Lipinski definition) is 3. The van der Waals surface area contributed by atoms with Crippen LogP contribution in [-0.4, -0.2) is 45.7 Å². The van der Waals surface area contributed by atoms with Crippen LogP contribution in [0.1, 0.15) is 28.3 Å². The van der Waals surface area contributed by atoms with Gasteiger partial charge in [0.25, 0.3) is 0 Å². The highest BCUT2D eigenvalue weighted by atomic mass is 16.5. The first-order valence-corrected chi connectivity index (χ1v) is 9.70. The van der Waals surface area contributed by atoms with Gasteiger partial charge < -0.3 is 19.6 Å². The molecule has 28 heavy (non-hydrogen) atoms. The molecule has 2 N–H and O–H groups in total. The molecule has 3 aromatic rings. The summed E-state index contributed by atoms with van der Waals surface area (Å²) in [6, 6.07) is 17.0. The topological polar surface area (TPSA) is 60.7 Å². The fourth-order valence-electron chi connectivity index (χ4n) is 4.77. The molecule has 1 fully saturated rings. The van der Waals surface area contributed by atoms with E-state index in [9.17, 15) is 4.79 Å². The molecule has 1 atom stereocenters. The fourth-order valence-corrected chi connectivity index (χ4v) is 4.77. The highest BCUT2D eigenvalue weighted by molar-refractivity contribution is 5.88. The summed E-state index contributed by atoms with van der Waals surface area (Å²) >= 11 is 0. The maximum atomic E-state index is 12.5. The smallest absolute Gasteiger partial charge is 0.320 e. The van der Waals surface area contributed by atoms with Gasteiger partial charge >= 0.3 is 6.03 Å². The summed E-state index contributed by atoms with van der Waals surface area (Å²) < 4.78 is 2.38. The highest BCUT2D eigenvalue weighted by Gasteiger charge is 2.38. The van der Waals surface area contributed by atoms with Crippen molar-refractivity contribution >= 4 is 16.9 Å². The number of hydroxylamine groups is 1.